The molecule has 0 bridgehead atoms. The molecule has 1 unspecified atom stereocenters. The maximum atomic E-state index is 12.9. The first kappa shape index (κ1) is 5.52. The summed E-state index contributed by atoms with van der Waals surface area (Å²) in [4.78, 5) is 28.0. The summed E-state index contributed by atoms with van der Waals surface area (Å²) in [7, 11) is 0. The Bertz CT molecular complexity index is 1120. The van der Waals surface area contributed by atoms with E-state index in [1.807, 2.05) is 0 Å². The second kappa shape index (κ2) is 5.66. The molecule has 0 saturated heterocycles. The van der Waals surface area contributed by atoms with Crippen molar-refractivity contribution >= 4 is 11.0 Å². The van der Waals surface area contributed by atoms with E-state index in [9.17, 15) is 14.7 Å². The van der Waals surface area contributed by atoms with Crippen LogP contribution in [0.2, 0.25) is 0 Å². The van der Waals surface area contributed by atoms with Gasteiger partial charge in [-0.1, -0.05) is 0 Å². The van der Waals surface area contributed by atoms with Crippen molar-refractivity contribution in [2.45, 2.75) is 45.5 Å². The molecule has 0 saturated carbocycles. The van der Waals surface area contributed by atoms with Crippen molar-refractivity contribution in [1.82, 2.24) is 14.1 Å². The Morgan fingerprint density at radius 3 is 3.10 bits per heavy atom. The molecule has 0 fully saturated rings. The zero-order chi connectivity index (χ0) is 25.1. The van der Waals surface area contributed by atoms with Crippen LogP contribution >= 0.6 is 0 Å². The highest BCUT2D eigenvalue weighted by Crippen LogP contribution is 2.10. The average Bonchev–Trinajstić information content (AvgIpc) is 3.00. The summed E-state index contributed by atoms with van der Waals surface area (Å²) in [5.41, 5.74) is -3.47. The van der Waals surface area contributed by atoms with Crippen molar-refractivity contribution < 1.29 is 21.6 Å². The van der Waals surface area contributed by atoms with E-state index in [1.165, 1.54) is 0 Å². The quantitative estimate of drug-likeness (QED) is 0.858. The fourth-order valence-corrected chi connectivity index (χ4v) is 1.88. The SMILES string of the molecule is [2H]C([2H])([2H])c1c[nH]c2c1c(=O)n(CCCC([2H])([2H])C([2H])(O)C([2H])([2H])[2H])c(=O)n2C([2H])([2H])[2H]. The highest BCUT2D eigenvalue weighted by atomic mass is 16.3. The fraction of sp³-hybridized carbons (Fsp3) is 0.571. The van der Waals surface area contributed by atoms with Crippen molar-refractivity contribution in [3.63, 3.8) is 0 Å². The first-order chi connectivity index (χ1) is 14.1. The van der Waals surface area contributed by atoms with Crippen LogP contribution in [0.3, 0.4) is 0 Å². The summed E-state index contributed by atoms with van der Waals surface area (Å²) >= 11 is 0. The molecule has 0 aliphatic heterocycles. The van der Waals surface area contributed by atoms with E-state index in [1.54, 1.807) is 0 Å². The molecule has 1 atom stereocenters. The number of H-pyrrole nitrogens is 1. The summed E-state index contributed by atoms with van der Waals surface area (Å²) in [5, 5.41) is 9.28. The molecule has 110 valence electrons. The predicted molar refractivity (Wildman–Crippen MR) is 78.1 cm³/mol. The normalized spacial score (nSPS) is 26.1. The molecule has 0 aliphatic carbocycles. The maximum Gasteiger partial charge on any atom is 0.332 e. The minimum atomic E-state index is -3.48. The predicted octanol–water partition coefficient (Wildman–Crippen LogP) is 0.888. The minimum Gasteiger partial charge on any atom is -0.393 e. The zero-order valence-electron chi connectivity index (χ0n) is 22.4. The number of hydrogen-bond donors (Lipinski definition) is 2. The first-order valence-corrected chi connectivity index (χ1v) is 5.75. The van der Waals surface area contributed by atoms with E-state index >= 15 is 0 Å². The fourth-order valence-electron chi connectivity index (χ4n) is 1.88. The van der Waals surface area contributed by atoms with Crippen LogP contribution in [0, 0.1) is 6.85 Å². The van der Waals surface area contributed by atoms with Crippen LogP contribution in [0.25, 0.3) is 11.0 Å². The number of aryl methyl sites for hydroxylation is 2. The number of aliphatic hydroxyl groups is 1. The van der Waals surface area contributed by atoms with Gasteiger partial charge in [-0.2, -0.15) is 0 Å². The molecule has 6 nitrogen and oxygen atoms in total. The van der Waals surface area contributed by atoms with Crippen LogP contribution in [0.4, 0.5) is 0 Å². The number of rotatable bonds is 5. The lowest BCUT2D eigenvalue weighted by Crippen LogP contribution is -2.39. The Kier molecular flexibility index (Phi) is 1.56. The summed E-state index contributed by atoms with van der Waals surface area (Å²) in [5.74, 6) is 0. The third-order valence-electron chi connectivity index (χ3n) is 2.82. The lowest BCUT2D eigenvalue weighted by Gasteiger charge is -2.09. The molecule has 2 heterocycles. The van der Waals surface area contributed by atoms with Gasteiger partial charge in [0, 0.05) is 34.8 Å². The standard InChI is InChI=1S/C14H21N3O3/c1-9-8-15-12-11(9)13(19)17(14(20)16(12)3)7-5-4-6-10(2)18/h8,10,15,18H,4-7H2,1-3H3/i1D3,2D3,3D3,6D2,10D. The van der Waals surface area contributed by atoms with Gasteiger partial charge in [-0.25, -0.2) is 4.79 Å². The monoisotopic (exact) mass is 291 g/mol. The Balaban J connectivity index is 2.58. The Labute approximate surface area is 133 Å². The van der Waals surface area contributed by atoms with E-state index in [0.29, 0.717) is 4.57 Å². The van der Waals surface area contributed by atoms with E-state index in [4.69, 9.17) is 16.4 Å². The number of nitrogens with zero attached hydrogens (tertiary/aromatic N) is 2. The van der Waals surface area contributed by atoms with E-state index in [2.05, 4.69) is 4.98 Å². The minimum absolute atomic E-state index is 0.233. The van der Waals surface area contributed by atoms with Gasteiger partial charge in [0.1, 0.15) is 5.65 Å². The van der Waals surface area contributed by atoms with Gasteiger partial charge in [0.05, 0.1) is 12.8 Å². The summed E-state index contributed by atoms with van der Waals surface area (Å²) in [6.07, 6.45) is -6.78. The van der Waals surface area contributed by atoms with Crippen LogP contribution in [-0.4, -0.2) is 25.3 Å². The Morgan fingerprint density at radius 2 is 2.40 bits per heavy atom. The van der Waals surface area contributed by atoms with Crippen LogP contribution < -0.4 is 11.2 Å². The van der Waals surface area contributed by atoms with E-state index in [-0.39, 0.29) is 4.57 Å². The molecule has 20 heavy (non-hydrogen) atoms. The molecule has 0 radical (unpaired) electrons. The molecule has 2 N–H and O–H groups in total. The van der Waals surface area contributed by atoms with Crippen LogP contribution in [-0.2, 0) is 13.5 Å². The number of nitrogens with one attached hydrogen (secondary N) is 1. The van der Waals surface area contributed by atoms with Crippen LogP contribution in [0.5, 0.6) is 0 Å². The molecule has 2 rings (SSSR count). The second-order valence-electron chi connectivity index (χ2n) is 4.13. The Morgan fingerprint density at radius 1 is 1.55 bits per heavy atom. The number of aromatic nitrogens is 3. The first-order valence-electron chi connectivity index (χ1n) is 11.7. The zero-order valence-corrected chi connectivity index (χ0v) is 10.4. The number of fused-ring (bicyclic) bond motifs is 1. The summed E-state index contributed by atoms with van der Waals surface area (Å²) in [6, 6.07) is 0. The molecule has 6 heteroatoms. The van der Waals surface area contributed by atoms with Gasteiger partial charge in [-0.05, 0) is 38.5 Å². The van der Waals surface area contributed by atoms with Crippen LogP contribution in [0.1, 0.15) is 48.1 Å². The lowest BCUT2D eigenvalue weighted by molar-refractivity contribution is 0.180. The topological polar surface area (TPSA) is 80.0 Å². The summed E-state index contributed by atoms with van der Waals surface area (Å²) < 4.78 is 90.5. The van der Waals surface area contributed by atoms with Gasteiger partial charge in [-0.3, -0.25) is 13.9 Å². The van der Waals surface area contributed by atoms with Gasteiger partial charge in [0.2, 0.25) is 0 Å². The van der Waals surface area contributed by atoms with Gasteiger partial charge < -0.3 is 10.1 Å². The number of hydrogen-bond acceptors (Lipinski definition) is 3. The van der Waals surface area contributed by atoms with Crippen LogP contribution in [0.15, 0.2) is 15.8 Å². The smallest absolute Gasteiger partial charge is 0.332 e. The van der Waals surface area contributed by atoms with Gasteiger partial charge in [0.25, 0.3) is 5.56 Å². The summed E-state index contributed by atoms with van der Waals surface area (Å²) in [6.45, 7) is -9.92. The highest BCUT2D eigenvalue weighted by Gasteiger charge is 2.13. The van der Waals surface area contributed by atoms with Crippen molar-refractivity contribution in [3.05, 3.63) is 32.6 Å². The Hall–Kier alpha value is -1.82. The molecule has 0 aliphatic rings. The largest absolute Gasteiger partial charge is 0.393 e. The lowest BCUT2D eigenvalue weighted by atomic mass is 10.2. The van der Waals surface area contributed by atoms with Crippen molar-refractivity contribution in [2.24, 2.45) is 6.98 Å². The van der Waals surface area contributed by atoms with E-state index in [0.717, 1.165) is 6.20 Å². The van der Waals surface area contributed by atoms with Crippen molar-refractivity contribution in [1.29, 1.82) is 0 Å². The third-order valence-corrected chi connectivity index (χ3v) is 2.82. The van der Waals surface area contributed by atoms with Gasteiger partial charge in [-0.15, -0.1) is 0 Å². The number of aromatic amines is 1. The average molecular weight is 291 g/mol. The molecule has 0 spiro atoms. The van der Waals surface area contributed by atoms with Crippen molar-refractivity contribution in [3.8, 4) is 0 Å². The molecule has 0 amide bonds. The van der Waals surface area contributed by atoms with E-state index < -0.39 is 80.4 Å². The third kappa shape index (κ3) is 2.56. The molecule has 2 aromatic heterocycles. The molecule has 0 aromatic carbocycles. The molecule has 2 aromatic rings. The highest BCUT2D eigenvalue weighted by molar-refractivity contribution is 5.78. The van der Waals surface area contributed by atoms with Crippen molar-refractivity contribution in [2.75, 3.05) is 0 Å². The van der Waals surface area contributed by atoms with Gasteiger partial charge in [0.15, 0.2) is 0 Å². The maximum absolute atomic E-state index is 12.9. The molecular weight excluding hydrogens is 258 g/mol. The molecular formula is C14H21N3O3. The second-order valence-corrected chi connectivity index (χ2v) is 4.13. The van der Waals surface area contributed by atoms with Gasteiger partial charge >= 0.3 is 5.69 Å².